The molecule has 1 amide bonds. The lowest BCUT2D eigenvalue weighted by Crippen LogP contribution is -2.26. The van der Waals surface area contributed by atoms with Gasteiger partial charge in [0, 0.05) is 18.0 Å². The minimum absolute atomic E-state index is 0.00740. The summed E-state index contributed by atoms with van der Waals surface area (Å²) in [7, 11) is 0. The Bertz CT molecular complexity index is 1210. The van der Waals surface area contributed by atoms with Gasteiger partial charge in [-0.1, -0.05) is 30.0 Å². The van der Waals surface area contributed by atoms with Crippen LogP contribution in [0.15, 0.2) is 48.8 Å². The molecule has 0 saturated carbocycles. The maximum atomic E-state index is 13.2. The second-order valence-electron chi connectivity index (χ2n) is 7.55. The van der Waals surface area contributed by atoms with Gasteiger partial charge in [-0.25, -0.2) is 4.68 Å². The number of hydrogen-bond acceptors (Lipinski definition) is 5. The zero-order valence-corrected chi connectivity index (χ0v) is 17.8. The molecule has 30 heavy (non-hydrogen) atoms. The fraction of sp³-hybridized carbons (Fsp3) is 0.273. The van der Waals surface area contributed by atoms with Gasteiger partial charge in [0.1, 0.15) is 10.7 Å². The third kappa shape index (κ3) is 3.13. The van der Waals surface area contributed by atoms with Crippen molar-refractivity contribution in [2.24, 2.45) is 0 Å². The van der Waals surface area contributed by atoms with Crippen molar-refractivity contribution in [3.05, 3.63) is 76.2 Å². The van der Waals surface area contributed by atoms with Gasteiger partial charge in [0.2, 0.25) is 0 Å². The first kappa shape index (κ1) is 18.7. The molecule has 1 aromatic carbocycles. The molecule has 0 atom stereocenters. The van der Waals surface area contributed by atoms with Crippen LogP contribution in [-0.4, -0.2) is 34.7 Å². The molecule has 4 aromatic rings. The smallest absolute Gasteiger partial charge is 0.268 e. The highest BCUT2D eigenvalue weighted by Gasteiger charge is 2.33. The fourth-order valence-electron chi connectivity index (χ4n) is 3.94. The summed E-state index contributed by atoms with van der Waals surface area (Å²) in [6.07, 6.45) is 5.73. The van der Waals surface area contributed by atoms with Gasteiger partial charge in [-0.2, -0.15) is 5.10 Å². The van der Waals surface area contributed by atoms with E-state index in [0.717, 1.165) is 41.3 Å². The predicted octanol–water partition coefficient (Wildman–Crippen LogP) is 3.93. The summed E-state index contributed by atoms with van der Waals surface area (Å²) in [5.74, 6) is 0.971. The van der Waals surface area contributed by atoms with Gasteiger partial charge < -0.3 is 9.47 Å². The Balaban J connectivity index is 1.53. The maximum absolute atomic E-state index is 13.2. The second-order valence-corrected chi connectivity index (χ2v) is 8.30. The molecule has 4 heterocycles. The standard InChI is InChI=1S/C22H22N6OS/c1-3-7-18-20(30-25-23-18)22(29)27-13-17-19(14-27)24-28(16-9-6-8-15(2)12-16)21(17)26-10-4-5-11-26/h4-6,8-12H,3,7,13-14H2,1-2H3. The van der Waals surface area contributed by atoms with Crippen LogP contribution in [0.25, 0.3) is 11.5 Å². The minimum Gasteiger partial charge on any atom is -0.327 e. The molecule has 152 valence electrons. The van der Waals surface area contributed by atoms with Gasteiger partial charge in [0.15, 0.2) is 0 Å². The third-order valence-electron chi connectivity index (χ3n) is 5.35. The Morgan fingerprint density at radius 2 is 2.00 bits per heavy atom. The van der Waals surface area contributed by atoms with Crippen LogP contribution in [0.1, 0.15) is 45.5 Å². The molecule has 0 aliphatic carbocycles. The highest BCUT2D eigenvalue weighted by Crippen LogP contribution is 2.32. The van der Waals surface area contributed by atoms with Gasteiger partial charge >= 0.3 is 0 Å². The lowest BCUT2D eigenvalue weighted by atomic mass is 10.2. The monoisotopic (exact) mass is 418 g/mol. The first-order chi connectivity index (χ1) is 14.7. The zero-order valence-electron chi connectivity index (χ0n) is 16.9. The van der Waals surface area contributed by atoms with Crippen molar-refractivity contribution < 1.29 is 4.79 Å². The van der Waals surface area contributed by atoms with Crippen molar-refractivity contribution in [2.45, 2.75) is 39.8 Å². The van der Waals surface area contributed by atoms with E-state index in [1.807, 2.05) is 40.2 Å². The number of nitrogens with zero attached hydrogens (tertiary/aromatic N) is 6. The SMILES string of the molecule is CCCc1nnsc1C(=O)N1Cc2nn(-c3cccc(C)c3)c(-n3cccc3)c2C1. The van der Waals surface area contributed by atoms with Crippen LogP contribution in [0.4, 0.5) is 0 Å². The van der Waals surface area contributed by atoms with Crippen LogP contribution in [-0.2, 0) is 19.5 Å². The maximum Gasteiger partial charge on any atom is 0.268 e. The lowest BCUT2D eigenvalue weighted by Gasteiger charge is -2.17. The van der Waals surface area contributed by atoms with Gasteiger partial charge in [0.05, 0.1) is 30.2 Å². The van der Waals surface area contributed by atoms with E-state index in [0.29, 0.717) is 18.0 Å². The number of aryl methyl sites for hydroxylation is 2. The van der Waals surface area contributed by atoms with Crippen molar-refractivity contribution in [1.29, 1.82) is 0 Å². The number of rotatable bonds is 5. The van der Waals surface area contributed by atoms with Crippen LogP contribution in [0.2, 0.25) is 0 Å². The van der Waals surface area contributed by atoms with E-state index < -0.39 is 0 Å². The van der Waals surface area contributed by atoms with Crippen molar-refractivity contribution in [1.82, 2.24) is 28.8 Å². The molecule has 3 aromatic heterocycles. The van der Waals surface area contributed by atoms with Crippen LogP contribution in [0.3, 0.4) is 0 Å². The largest absolute Gasteiger partial charge is 0.327 e. The molecule has 0 fully saturated rings. The summed E-state index contributed by atoms with van der Waals surface area (Å²) in [5.41, 5.74) is 5.01. The molecule has 0 radical (unpaired) electrons. The Hall–Kier alpha value is -3.26. The Morgan fingerprint density at radius 1 is 1.17 bits per heavy atom. The molecular formula is C22H22N6OS. The first-order valence-corrected chi connectivity index (χ1v) is 10.8. The van der Waals surface area contributed by atoms with Crippen molar-refractivity contribution in [3.63, 3.8) is 0 Å². The number of carbonyl (C=O) groups is 1. The second kappa shape index (κ2) is 7.53. The summed E-state index contributed by atoms with van der Waals surface area (Å²) < 4.78 is 8.06. The molecule has 0 unspecified atom stereocenters. The molecule has 1 aliphatic heterocycles. The third-order valence-corrected chi connectivity index (χ3v) is 6.10. The van der Waals surface area contributed by atoms with Crippen molar-refractivity contribution >= 4 is 17.4 Å². The quantitative estimate of drug-likeness (QED) is 0.492. The molecule has 0 bridgehead atoms. The average molecular weight is 419 g/mol. The van der Waals surface area contributed by atoms with E-state index in [4.69, 9.17) is 5.10 Å². The fourth-order valence-corrected chi connectivity index (χ4v) is 4.62. The highest BCUT2D eigenvalue weighted by atomic mass is 32.1. The number of fused-ring (bicyclic) bond motifs is 1. The predicted molar refractivity (Wildman–Crippen MR) is 115 cm³/mol. The number of benzene rings is 1. The number of hydrogen-bond donors (Lipinski definition) is 0. The molecule has 5 rings (SSSR count). The van der Waals surface area contributed by atoms with Crippen LogP contribution in [0.5, 0.6) is 0 Å². The van der Waals surface area contributed by atoms with Crippen LogP contribution in [0, 0.1) is 6.92 Å². The summed E-state index contributed by atoms with van der Waals surface area (Å²) in [6.45, 7) is 5.17. The molecule has 0 saturated heterocycles. The number of carbonyl (C=O) groups excluding carboxylic acids is 1. The van der Waals surface area contributed by atoms with Gasteiger partial charge in [-0.15, -0.1) is 5.10 Å². The Labute approximate surface area is 178 Å². The van der Waals surface area contributed by atoms with Crippen LogP contribution >= 0.6 is 11.5 Å². The highest BCUT2D eigenvalue weighted by molar-refractivity contribution is 7.08. The van der Waals surface area contributed by atoms with E-state index in [2.05, 4.69) is 46.2 Å². The van der Waals surface area contributed by atoms with Gasteiger partial charge in [-0.3, -0.25) is 4.79 Å². The summed E-state index contributed by atoms with van der Waals surface area (Å²) in [5, 5.41) is 9.06. The minimum atomic E-state index is -0.00740. The number of amides is 1. The molecule has 8 heteroatoms. The zero-order chi connectivity index (χ0) is 20.7. The van der Waals surface area contributed by atoms with E-state index in [9.17, 15) is 4.79 Å². The van der Waals surface area contributed by atoms with Crippen LogP contribution < -0.4 is 0 Å². The first-order valence-electron chi connectivity index (χ1n) is 10.1. The van der Waals surface area contributed by atoms with Crippen molar-refractivity contribution in [3.8, 4) is 11.5 Å². The van der Waals surface area contributed by atoms with Crippen molar-refractivity contribution in [2.75, 3.05) is 0 Å². The van der Waals surface area contributed by atoms with Gasteiger partial charge in [0.25, 0.3) is 5.91 Å². The van der Waals surface area contributed by atoms with Gasteiger partial charge in [-0.05, 0) is 54.7 Å². The molecule has 1 aliphatic rings. The molecular weight excluding hydrogens is 396 g/mol. The van der Waals surface area contributed by atoms with E-state index in [1.54, 1.807) is 0 Å². The van der Waals surface area contributed by atoms with E-state index >= 15 is 0 Å². The van der Waals surface area contributed by atoms with E-state index in [1.165, 1.54) is 17.1 Å². The summed E-state index contributed by atoms with van der Waals surface area (Å²) in [6, 6.07) is 12.3. The summed E-state index contributed by atoms with van der Waals surface area (Å²) >= 11 is 1.19. The summed E-state index contributed by atoms with van der Waals surface area (Å²) in [4.78, 5) is 15.7. The number of aromatic nitrogens is 5. The lowest BCUT2D eigenvalue weighted by molar-refractivity contribution is 0.0752. The Morgan fingerprint density at radius 3 is 2.77 bits per heavy atom. The molecule has 7 nitrogen and oxygen atoms in total. The topological polar surface area (TPSA) is 68.8 Å². The average Bonchev–Trinajstić information content (AvgIpc) is 3.51. The Kier molecular flexibility index (Phi) is 4.71. The molecule has 0 spiro atoms. The van der Waals surface area contributed by atoms with E-state index in [-0.39, 0.29) is 5.91 Å². The molecule has 0 N–H and O–H groups in total. The normalized spacial score (nSPS) is 13.1.